The average Bonchev–Trinajstić information content (AvgIpc) is 2.46. The molecule has 1 saturated heterocycles. The Labute approximate surface area is 89.1 Å². The predicted molar refractivity (Wildman–Crippen MR) is 56.0 cm³/mol. The van der Waals surface area contributed by atoms with Crippen LogP contribution in [0.2, 0.25) is 0 Å². The molecule has 0 radical (unpaired) electrons. The second-order valence-electron chi connectivity index (χ2n) is 3.67. The Balaban J connectivity index is 2.40. The monoisotopic (exact) mass is 223 g/mol. The summed E-state index contributed by atoms with van der Waals surface area (Å²) in [6.07, 6.45) is 0. The van der Waals surface area contributed by atoms with Gasteiger partial charge in [-0.1, -0.05) is 30.1 Å². The van der Waals surface area contributed by atoms with E-state index in [1.54, 1.807) is 0 Å². The Bertz CT molecular complexity index is 196. The first-order valence-electron chi connectivity index (χ1n) is 4.45. The van der Waals surface area contributed by atoms with E-state index >= 15 is 0 Å². The molecule has 1 aliphatic heterocycles. The highest BCUT2D eigenvalue weighted by molar-refractivity contribution is 6.36. The van der Waals surface area contributed by atoms with Crippen LogP contribution in [0.1, 0.15) is 6.92 Å². The third kappa shape index (κ3) is 3.13. The van der Waals surface area contributed by atoms with Gasteiger partial charge in [0.1, 0.15) is 0 Å². The molecule has 4 heteroatoms. The summed E-state index contributed by atoms with van der Waals surface area (Å²) in [5.74, 6) is 0.935. The van der Waals surface area contributed by atoms with E-state index < -0.39 is 0 Å². The minimum atomic E-state index is 0.264. The van der Waals surface area contributed by atoms with Gasteiger partial charge in [-0.2, -0.15) is 0 Å². The van der Waals surface area contributed by atoms with Crippen molar-refractivity contribution in [2.24, 2.45) is 11.8 Å². The van der Waals surface area contributed by atoms with Crippen molar-refractivity contribution in [1.29, 1.82) is 0 Å². The fraction of sp³-hybridized carbons (Fsp3) is 0.778. The molecule has 1 aliphatic rings. The molecule has 0 amide bonds. The summed E-state index contributed by atoms with van der Waals surface area (Å²) < 4.78 is 0. The lowest BCUT2D eigenvalue weighted by molar-refractivity contribution is 0.206. The molecule has 0 bridgehead atoms. The lowest BCUT2D eigenvalue weighted by Crippen LogP contribution is -2.22. The highest BCUT2D eigenvalue weighted by Gasteiger charge is 2.28. The lowest BCUT2D eigenvalue weighted by Gasteiger charge is -2.13. The highest BCUT2D eigenvalue weighted by atomic mass is 35.5. The van der Waals surface area contributed by atoms with Gasteiger partial charge in [-0.05, 0) is 11.8 Å². The van der Waals surface area contributed by atoms with Crippen LogP contribution in [-0.4, -0.2) is 36.2 Å². The molecule has 1 heterocycles. The Morgan fingerprint density at radius 1 is 1.62 bits per heavy atom. The van der Waals surface area contributed by atoms with Gasteiger partial charge in [0.2, 0.25) is 0 Å². The van der Waals surface area contributed by atoms with Gasteiger partial charge in [0.05, 0.1) is 0 Å². The summed E-state index contributed by atoms with van der Waals surface area (Å²) in [7, 11) is 0. The number of nitrogens with zero attached hydrogens (tertiary/aromatic N) is 1. The highest BCUT2D eigenvalue weighted by Crippen LogP contribution is 2.23. The molecule has 0 aliphatic carbocycles. The molecule has 0 unspecified atom stereocenters. The van der Waals surface area contributed by atoms with Gasteiger partial charge >= 0.3 is 0 Å². The Morgan fingerprint density at radius 3 is 2.77 bits per heavy atom. The van der Waals surface area contributed by atoms with Crippen LogP contribution in [0.25, 0.3) is 0 Å². The van der Waals surface area contributed by atoms with Gasteiger partial charge in [0, 0.05) is 36.8 Å². The zero-order valence-corrected chi connectivity index (χ0v) is 9.22. The standard InChI is InChI=1S/C9H15Cl2NO/c1-7-3-12(4-8(7)6-13)5-9(11)2-10/h2,7-8,13H,3-6H2,1H3/b9-2-/t7-,8+/m1/s1. The summed E-state index contributed by atoms with van der Waals surface area (Å²) in [6, 6.07) is 0. The SMILES string of the molecule is C[C@@H]1CN(C/C(Cl)=C/Cl)C[C@H]1CO. The van der Waals surface area contributed by atoms with E-state index in [-0.39, 0.29) is 6.61 Å². The van der Waals surface area contributed by atoms with Gasteiger partial charge in [0.25, 0.3) is 0 Å². The quantitative estimate of drug-likeness (QED) is 0.790. The number of aliphatic hydroxyl groups is 1. The lowest BCUT2D eigenvalue weighted by atomic mass is 10.00. The molecule has 2 atom stereocenters. The molecular weight excluding hydrogens is 209 g/mol. The number of likely N-dealkylation sites (tertiary alicyclic amines) is 1. The second kappa shape index (κ2) is 5.20. The van der Waals surface area contributed by atoms with E-state index in [2.05, 4.69) is 11.8 Å². The fourth-order valence-corrected chi connectivity index (χ4v) is 2.00. The number of rotatable bonds is 3. The Morgan fingerprint density at radius 2 is 2.31 bits per heavy atom. The van der Waals surface area contributed by atoms with Crippen LogP contribution >= 0.6 is 23.2 Å². The first-order valence-corrected chi connectivity index (χ1v) is 5.26. The minimum Gasteiger partial charge on any atom is -0.396 e. The smallest absolute Gasteiger partial charge is 0.0474 e. The molecule has 76 valence electrons. The van der Waals surface area contributed by atoms with E-state index in [0.717, 1.165) is 13.1 Å². The normalized spacial score (nSPS) is 31.2. The zero-order valence-electron chi connectivity index (χ0n) is 7.71. The van der Waals surface area contributed by atoms with Crippen molar-refractivity contribution in [2.75, 3.05) is 26.2 Å². The fourth-order valence-electron chi connectivity index (χ4n) is 1.76. The first kappa shape index (κ1) is 11.3. The second-order valence-corrected chi connectivity index (χ2v) is 4.37. The van der Waals surface area contributed by atoms with E-state index in [1.165, 1.54) is 5.54 Å². The molecule has 0 aromatic rings. The van der Waals surface area contributed by atoms with Gasteiger partial charge < -0.3 is 5.11 Å². The maximum absolute atomic E-state index is 9.05. The summed E-state index contributed by atoms with van der Waals surface area (Å²) in [5, 5.41) is 9.70. The number of aliphatic hydroxyl groups excluding tert-OH is 1. The minimum absolute atomic E-state index is 0.264. The molecule has 0 spiro atoms. The maximum atomic E-state index is 9.05. The first-order chi connectivity index (χ1) is 6.17. The third-order valence-electron chi connectivity index (χ3n) is 2.57. The molecule has 1 N–H and O–H groups in total. The summed E-state index contributed by atoms with van der Waals surface area (Å²) in [6.45, 7) is 5.02. The molecule has 1 fully saturated rings. The summed E-state index contributed by atoms with van der Waals surface area (Å²) in [5.41, 5.74) is 1.40. The van der Waals surface area contributed by atoms with Crippen molar-refractivity contribution in [3.63, 3.8) is 0 Å². The van der Waals surface area contributed by atoms with Crippen LogP contribution in [0.5, 0.6) is 0 Å². The predicted octanol–water partition coefficient (Wildman–Crippen LogP) is 1.87. The molecule has 13 heavy (non-hydrogen) atoms. The zero-order chi connectivity index (χ0) is 9.84. The van der Waals surface area contributed by atoms with E-state index in [9.17, 15) is 0 Å². The van der Waals surface area contributed by atoms with Crippen molar-refractivity contribution in [1.82, 2.24) is 4.90 Å². The largest absolute Gasteiger partial charge is 0.396 e. The summed E-state index contributed by atoms with van der Waals surface area (Å²) >= 11 is 11.3. The number of hydrogen-bond donors (Lipinski definition) is 1. The number of hydrogen-bond acceptors (Lipinski definition) is 2. The molecule has 1 rings (SSSR count). The third-order valence-corrected chi connectivity index (χ3v) is 3.17. The van der Waals surface area contributed by atoms with Crippen molar-refractivity contribution in [3.8, 4) is 0 Å². The molecule has 0 aromatic heterocycles. The van der Waals surface area contributed by atoms with Crippen LogP contribution in [-0.2, 0) is 0 Å². The van der Waals surface area contributed by atoms with Crippen LogP contribution < -0.4 is 0 Å². The van der Waals surface area contributed by atoms with Crippen molar-refractivity contribution >= 4 is 23.2 Å². The van der Waals surface area contributed by atoms with E-state index in [0.29, 0.717) is 23.4 Å². The van der Waals surface area contributed by atoms with Crippen LogP contribution in [0.4, 0.5) is 0 Å². The summed E-state index contributed by atoms with van der Waals surface area (Å²) in [4.78, 5) is 2.22. The molecule has 2 nitrogen and oxygen atoms in total. The van der Waals surface area contributed by atoms with Crippen molar-refractivity contribution in [3.05, 3.63) is 10.6 Å². The van der Waals surface area contributed by atoms with Crippen molar-refractivity contribution in [2.45, 2.75) is 6.92 Å². The van der Waals surface area contributed by atoms with E-state index in [1.807, 2.05) is 0 Å². The van der Waals surface area contributed by atoms with Crippen LogP contribution in [0.3, 0.4) is 0 Å². The topological polar surface area (TPSA) is 23.5 Å². The molecule has 0 aromatic carbocycles. The van der Waals surface area contributed by atoms with Crippen molar-refractivity contribution < 1.29 is 5.11 Å². The Hall–Kier alpha value is 0.240. The van der Waals surface area contributed by atoms with Gasteiger partial charge in [-0.15, -0.1) is 0 Å². The van der Waals surface area contributed by atoms with Crippen LogP contribution in [0, 0.1) is 11.8 Å². The Kier molecular flexibility index (Phi) is 4.53. The average molecular weight is 224 g/mol. The maximum Gasteiger partial charge on any atom is 0.0474 e. The van der Waals surface area contributed by atoms with Gasteiger partial charge in [-0.3, -0.25) is 4.90 Å². The van der Waals surface area contributed by atoms with Crippen LogP contribution in [0.15, 0.2) is 10.6 Å². The molecule has 0 saturated carbocycles. The number of halogens is 2. The molecular formula is C9H15Cl2NO. The van der Waals surface area contributed by atoms with E-state index in [4.69, 9.17) is 28.3 Å². The van der Waals surface area contributed by atoms with Gasteiger partial charge in [-0.25, -0.2) is 0 Å². The van der Waals surface area contributed by atoms with Gasteiger partial charge in [0.15, 0.2) is 0 Å².